The van der Waals surface area contributed by atoms with Crippen molar-refractivity contribution in [2.24, 2.45) is 0 Å². The molecule has 0 aliphatic carbocycles. The average molecular weight is 444 g/mol. The molecular weight excluding hydrogens is 407 g/mol. The van der Waals surface area contributed by atoms with E-state index in [1.54, 1.807) is 0 Å². The third-order valence-corrected chi connectivity index (χ3v) is 5.22. The van der Waals surface area contributed by atoms with Gasteiger partial charge < -0.3 is 34.9 Å². The van der Waals surface area contributed by atoms with Gasteiger partial charge >= 0.3 is 13.8 Å². The molecule has 0 aromatic heterocycles. The van der Waals surface area contributed by atoms with Gasteiger partial charge in [0.25, 0.3) is 0 Å². The molecule has 0 saturated carbocycles. The number of unbranched alkanes of at least 4 members (excludes halogenated alkanes) is 6. The van der Waals surface area contributed by atoms with Crippen molar-refractivity contribution >= 4 is 13.8 Å². The smallest absolute Gasteiger partial charge is 0.469 e. The minimum Gasteiger partial charge on any atom is -0.479 e. The van der Waals surface area contributed by atoms with Crippen molar-refractivity contribution in [2.75, 3.05) is 13.2 Å². The van der Waals surface area contributed by atoms with Crippen LogP contribution in [-0.4, -0.2) is 73.3 Å². The largest absolute Gasteiger partial charge is 0.479 e. The Kier molecular flexibility index (Phi) is 14.1. The average Bonchev–Trinajstić information content (AvgIpc) is 2.65. The Balaban J connectivity index is 5.30. The summed E-state index contributed by atoms with van der Waals surface area (Å²) in [4.78, 5) is 29.5. The Morgan fingerprint density at radius 3 is 2.00 bits per heavy atom. The van der Waals surface area contributed by atoms with Crippen LogP contribution in [0, 0.1) is 0 Å². The van der Waals surface area contributed by atoms with Crippen molar-refractivity contribution in [3.63, 3.8) is 0 Å². The summed E-state index contributed by atoms with van der Waals surface area (Å²) < 4.78 is 20.5. The van der Waals surface area contributed by atoms with Crippen LogP contribution in [0.15, 0.2) is 0 Å². The van der Waals surface area contributed by atoms with E-state index in [0.29, 0.717) is 19.3 Å². The number of phosphoric ester groups is 1. The summed E-state index contributed by atoms with van der Waals surface area (Å²) in [6.45, 7) is 3.09. The third-order valence-electron chi connectivity index (χ3n) is 4.73. The minimum atomic E-state index is -4.90. The molecule has 0 fully saturated rings. The highest BCUT2D eigenvalue weighted by Crippen LogP contribution is 2.36. The monoisotopic (exact) mass is 444 g/mol. The highest BCUT2D eigenvalue weighted by Gasteiger charge is 2.51. The van der Waals surface area contributed by atoms with Gasteiger partial charge in [0, 0.05) is 6.61 Å². The lowest BCUT2D eigenvalue weighted by Crippen LogP contribution is -2.59. The summed E-state index contributed by atoms with van der Waals surface area (Å²) in [5.41, 5.74) is -2.15. The number of rotatable bonds is 18. The Morgan fingerprint density at radius 2 is 1.52 bits per heavy atom. The molecule has 4 atom stereocenters. The Morgan fingerprint density at radius 1 is 0.966 bits per heavy atom. The zero-order valence-electron chi connectivity index (χ0n) is 17.3. The van der Waals surface area contributed by atoms with Gasteiger partial charge in [0.1, 0.15) is 18.3 Å². The molecule has 10 nitrogen and oxygen atoms in total. The van der Waals surface area contributed by atoms with Crippen LogP contribution in [0.3, 0.4) is 0 Å². The van der Waals surface area contributed by atoms with E-state index in [9.17, 15) is 29.8 Å². The van der Waals surface area contributed by atoms with E-state index in [1.807, 2.05) is 13.8 Å². The number of phosphoric acid groups is 1. The quantitative estimate of drug-likeness (QED) is 0.134. The van der Waals surface area contributed by atoms with Gasteiger partial charge in [-0.2, -0.15) is 0 Å². The Hall–Kier alpha value is -0.580. The third kappa shape index (κ3) is 10.8. The molecule has 3 unspecified atom stereocenters. The first-order valence-corrected chi connectivity index (χ1v) is 11.7. The molecule has 0 spiro atoms. The van der Waals surface area contributed by atoms with Crippen molar-refractivity contribution in [3.8, 4) is 0 Å². The maximum atomic E-state index is 12.1. The summed E-state index contributed by atoms with van der Waals surface area (Å²) >= 11 is 0. The molecule has 0 aliphatic rings. The predicted molar refractivity (Wildman–Crippen MR) is 105 cm³/mol. The van der Waals surface area contributed by atoms with Crippen LogP contribution >= 0.6 is 7.82 Å². The molecule has 0 aliphatic heterocycles. The summed E-state index contributed by atoms with van der Waals surface area (Å²) in [6.07, 6.45) is 0.164. The van der Waals surface area contributed by atoms with Crippen LogP contribution in [0.25, 0.3) is 0 Å². The second-order valence-corrected chi connectivity index (χ2v) is 8.44. The summed E-state index contributed by atoms with van der Waals surface area (Å²) in [5, 5.41) is 40.6. The predicted octanol–water partition coefficient (Wildman–Crippen LogP) is 1.57. The fourth-order valence-electron chi connectivity index (χ4n) is 2.96. The van der Waals surface area contributed by atoms with Gasteiger partial charge in [0.15, 0.2) is 5.60 Å². The maximum Gasteiger partial charge on any atom is 0.469 e. The van der Waals surface area contributed by atoms with Gasteiger partial charge in [0.05, 0.1) is 6.61 Å². The van der Waals surface area contributed by atoms with Gasteiger partial charge in [0.2, 0.25) is 0 Å². The second-order valence-electron chi connectivity index (χ2n) is 7.20. The molecule has 0 radical (unpaired) electrons. The van der Waals surface area contributed by atoms with Crippen molar-refractivity contribution in [3.05, 3.63) is 0 Å². The molecule has 6 N–H and O–H groups in total. The maximum absolute atomic E-state index is 12.1. The lowest BCUT2D eigenvalue weighted by molar-refractivity contribution is -0.207. The number of ether oxygens (including phenoxy) is 1. The number of carbonyl (C=O) groups is 1. The zero-order valence-corrected chi connectivity index (χ0v) is 18.2. The molecule has 174 valence electrons. The zero-order chi connectivity index (χ0) is 22.5. The van der Waals surface area contributed by atoms with E-state index in [4.69, 9.17) is 14.5 Å². The normalized spacial score (nSPS) is 17.5. The van der Waals surface area contributed by atoms with Crippen LogP contribution in [0.2, 0.25) is 0 Å². The van der Waals surface area contributed by atoms with Gasteiger partial charge in [-0.25, -0.2) is 9.36 Å². The van der Waals surface area contributed by atoms with Gasteiger partial charge in [-0.15, -0.1) is 0 Å². The molecule has 0 bridgehead atoms. The number of hydrogen-bond donors (Lipinski definition) is 6. The summed E-state index contributed by atoms with van der Waals surface area (Å²) in [7, 11) is -4.90. The van der Waals surface area contributed by atoms with Crippen LogP contribution in [0.4, 0.5) is 0 Å². The summed E-state index contributed by atoms with van der Waals surface area (Å²) in [5.74, 6) is -1.47. The van der Waals surface area contributed by atoms with Crippen LogP contribution in [-0.2, 0) is 18.6 Å². The van der Waals surface area contributed by atoms with Crippen molar-refractivity contribution in [1.29, 1.82) is 0 Å². The summed E-state index contributed by atoms with van der Waals surface area (Å²) in [6, 6.07) is 0. The number of aliphatic hydroxyl groups excluding tert-OH is 3. The first-order valence-electron chi connectivity index (χ1n) is 10.1. The van der Waals surface area contributed by atoms with E-state index in [-0.39, 0.29) is 13.0 Å². The lowest BCUT2D eigenvalue weighted by Gasteiger charge is -2.37. The Bertz CT molecular complexity index is 497. The lowest BCUT2D eigenvalue weighted by atomic mass is 9.85. The SMILES string of the molecule is CCCCCCO[C@@](CCCCCC)(C(=O)O)C(O)C(O)C(O)COP(=O)(O)O. The van der Waals surface area contributed by atoms with E-state index >= 15 is 0 Å². The van der Waals surface area contributed by atoms with E-state index in [2.05, 4.69) is 4.52 Å². The minimum absolute atomic E-state index is 0.0545. The van der Waals surface area contributed by atoms with Crippen LogP contribution < -0.4 is 0 Å². The van der Waals surface area contributed by atoms with Crippen molar-refractivity contribution in [2.45, 2.75) is 95.5 Å². The topological polar surface area (TPSA) is 174 Å². The van der Waals surface area contributed by atoms with Crippen LogP contribution in [0.5, 0.6) is 0 Å². The van der Waals surface area contributed by atoms with Gasteiger partial charge in [-0.05, 0) is 19.3 Å². The standard InChI is InChI=1S/C18H37O10P/c1-3-5-7-9-11-18(17(22)23,27-12-10-8-6-4-2)16(21)15(20)14(19)13-28-29(24,25)26/h14-16,19-21H,3-13H2,1-2H3,(H,22,23)(H2,24,25,26)/t14?,15?,16?,18-/m1/s1. The molecule has 0 rings (SSSR count). The number of aliphatic carboxylic acids is 1. The first-order chi connectivity index (χ1) is 13.5. The van der Waals surface area contributed by atoms with E-state index in [1.165, 1.54) is 0 Å². The molecule has 29 heavy (non-hydrogen) atoms. The molecule has 0 aromatic rings. The highest BCUT2D eigenvalue weighted by molar-refractivity contribution is 7.46. The fourth-order valence-corrected chi connectivity index (χ4v) is 3.30. The van der Waals surface area contributed by atoms with Gasteiger partial charge in [-0.3, -0.25) is 4.52 Å². The van der Waals surface area contributed by atoms with Crippen LogP contribution in [0.1, 0.15) is 71.6 Å². The molecular formula is C18H37O10P. The first kappa shape index (κ1) is 28.4. The van der Waals surface area contributed by atoms with Crippen molar-refractivity contribution in [1.82, 2.24) is 0 Å². The highest BCUT2D eigenvalue weighted by atomic mass is 31.2. The number of aliphatic hydroxyl groups is 3. The molecule has 0 aromatic carbocycles. The molecule has 0 amide bonds. The van der Waals surface area contributed by atoms with E-state index in [0.717, 1.165) is 32.1 Å². The fraction of sp³-hybridized carbons (Fsp3) is 0.944. The van der Waals surface area contributed by atoms with Crippen molar-refractivity contribution < 1.29 is 48.8 Å². The van der Waals surface area contributed by atoms with Gasteiger partial charge in [-0.1, -0.05) is 52.4 Å². The number of hydrogen-bond acceptors (Lipinski definition) is 7. The number of carboxylic acids is 1. The molecule has 11 heteroatoms. The molecule has 0 saturated heterocycles. The Labute approximate surface area is 172 Å². The molecule has 0 heterocycles. The van der Waals surface area contributed by atoms with E-state index < -0.39 is 44.3 Å². The number of carboxylic acid groups (broad SMARTS) is 1. The second kappa shape index (κ2) is 14.4.